The lowest BCUT2D eigenvalue weighted by Gasteiger charge is -2.14. The second-order valence-corrected chi connectivity index (χ2v) is 5.41. The molecule has 0 saturated heterocycles. The first-order valence-electron chi connectivity index (χ1n) is 7.76. The van der Waals surface area contributed by atoms with Crippen molar-refractivity contribution in [1.29, 1.82) is 0 Å². The number of nitrogens with zero attached hydrogens (tertiary/aromatic N) is 3. The van der Waals surface area contributed by atoms with Crippen molar-refractivity contribution < 1.29 is 4.39 Å². The Morgan fingerprint density at radius 1 is 1.17 bits per heavy atom. The van der Waals surface area contributed by atoms with Gasteiger partial charge < -0.3 is 10.6 Å². The number of nitrogens with one attached hydrogen (secondary N) is 2. The van der Waals surface area contributed by atoms with E-state index in [0.29, 0.717) is 11.6 Å². The zero-order valence-electron chi connectivity index (χ0n) is 12.9. The van der Waals surface area contributed by atoms with E-state index in [9.17, 15) is 4.39 Å². The number of halogens is 1. The Morgan fingerprint density at radius 2 is 2.04 bits per heavy atom. The highest BCUT2D eigenvalue weighted by Gasteiger charge is 2.05. The summed E-state index contributed by atoms with van der Waals surface area (Å²) in [5.74, 6) is 0.920. The molecule has 1 aromatic carbocycles. The molecule has 1 aliphatic rings. The Kier molecular flexibility index (Phi) is 5.16. The molecule has 0 unspecified atom stereocenters. The molecule has 0 radical (unpaired) electrons. The summed E-state index contributed by atoms with van der Waals surface area (Å²) in [6.45, 7) is 4.02. The van der Waals surface area contributed by atoms with E-state index in [4.69, 9.17) is 0 Å². The van der Waals surface area contributed by atoms with E-state index in [1.54, 1.807) is 18.3 Å². The number of aromatic nitrogens is 2. The van der Waals surface area contributed by atoms with Crippen LogP contribution in [-0.2, 0) is 0 Å². The van der Waals surface area contributed by atoms with Gasteiger partial charge in [-0.05, 0) is 30.7 Å². The third-order valence-corrected chi connectivity index (χ3v) is 3.59. The highest BCUT2D eigenvalue weighted by atomic mass is 19.1. The molecule has 5 nitrogen and oxygen atoms in total. The normalized spacial score (nSPS) is 14.1. The maximum absolute atomic E-state index is 13.2. The van der Waals surface area contributed by atoms with E-state index >= 15 is 0 Å². The Hall–Kier alpha value is -2.47. The summed E-state index contributed by atoms with van der Waals surface area (Å²) in [5, 5.41) is 6.30. The van der Waals surface area contributed by atoms with Crippen LogP contribution in [0.5, 0.6) is 0 Å². The van der Waals surface area contributed by atoms with Crippen LogP contribution in [0.15, 0.2) is 48.7 Å². The molecule has 1 aliphatic heterocycles. The van der Waals surface area contributed by atoms with Gasteiger partial charge in [0.2, 0.25) is 5.95 Å². The van der Waals surface area contributed by atoms with Crippen molar-refractivity contribution in [2.45, 2.75) is 6.42 Å². The first-order chi connectivity index (χ1) is 11.3. The van der Waals surface area contributed by atoms with Crippen LogP contribution in [0.1, 0.15) is 6.42 Å². The summed E-state index contributed by atoms with van der Waals surface area (Å²) in [6, 6.07) is 8.06. The Morgan fingerprint density at radius 3 is 2.87 bits per heavy atom. The zero-order chi connectivity index (χ0) is 15.9. The summed E-state index contributed by atoms with van der Waals surface area (Å²) in [4.78, 5) is 10.9. The summed E-state index contributed by atoms with van der Waals surface area (Å²) in [6.07, 6.45) is 7.13. The molecule has 0 atom stereocenters. The Balaban J connectivity index is 1.48. The van der Waals surface area contributed by atoms with Crippen LogP contribution in [0, 0.1) is 5.82 Å². The van der Waals surface area contributed by atoms with Gasteiger partial charge in [-0.3, -0.25) is 4.90 Å². The molecule has 0 amide bonds. The predicted molar refractivity (Wildman–Crippen MR) is 90.4 cm³/mol. The predicted octanol–water partition coefficient (Wildman–Crippen LogP) is 3.03. The van der Waals surface area contributed by atoms with Crippen molar-refractivity contribution in [3.05, 3.63) is 54.5 Å². The van der Waals surface area contributed by atoms with Crippen LogP contribution >= 0.6 is 0 Å². The van der Waals surface area contributed by atoms with Gasteiger partial charge in [-0.15, -0.1) is 0 Å². The van der Waals surface area contributed by atoms with Crippen LogP contribution in [-0.4, -0.2) is 41.0 Å². The van der Waals surface area contributed by atoms with Gasteiger partial charge >= 0.3 is 0 Å². The maximum atomic E-state index is 13.2. The van der Waals surface area contributed by atoms with Crippen LogP contribution in [0.4, 0.5) is 21.8 Å². The SMILES string of the molecule is Fc1cccc(Nc2nccc(NCCCN3CC=CC3)n2)c1. The molecule has 6 heteroatoms. The second-order valence-electron chi connectivity index (χ2n) is 5.41. The van der Waals surface area contributed by atoms with Crippen molar-refractivity contribution in [1.82, 2.24) is 14.9 Å². The largest absolute Gasteiger partial charge is 0.370 e. The van der Waals surface area contributed by atoms with Crippen LogP contribution < -0.4 is 10.6 Å². The quantitative estimate of drug-likeness (QED) is 0.608. The molecule has 0 spiro atoms. The minimum absolute atomic E-state index is 0.291. The summed E-state index contributed by atoms with van der Waals surface area (Å²) in [5.41, 5.74) is 0.628. The minimum atomic E-state index is -0.291. The second kappa shape index (κ2) is 7.69. The molecule has 120 valence electrons. The zero-order valence-corrected chi connectivity index (χ0v) is 12.9. The maximum Gasteiger partial charge on any atom is 0.229 e. The van der Waals surface area contributed by atoms with Crippen LogP contribution in [0.3, 0.4) is 0 Å². The summed E-state index contributed by atoms with van der Waals surface area (Å²) >= 11 is 0. The highest BCUT2D eigenvalue weighted by molar-refractivity contribution is 5.54. The topological polar surface area (TPSA) is 53.1 Å². The van der Waals surface area contributed by atoms with Crippen molar-refractivity contribution in [2.75, 3.05) is 36.8 Å². The average Bonchev–Trinajstić information content (AvgIpc) is 3.05. The molecular formula is C17H20FN5. The van der Waals surface area contributed by atoms with Gasteiger partial charge in [0.15, 0.2) is 0 Å². The standard InChI is InChI=1S/C17H20FN5/c18-14-5-3-6-15(13-14)21-17-20-9-7-16(22-17)19-8-4-12-23-10-1-2-11-23/h1-3,5-7,9,13H,4,8,10-12H2,(H2,19,20,21,22). The van der Waals surface area contributed by atoms with Crippen LogP contribution in [0.2, 0.25) is 0 Å². The Bertz CT molecular complexity index is 666. The van der Waals surface area contributed by atoms with Gasteiger partial charge in [-0.1, -0.05) is 18.2 Å². The average molecular weight is 313 g/mol. The smallest absolute Gasteiger partial charge is 0.229 e. The summed E-state index contributed by atoms with van der Waals surface area (Å²) in [7, 11) is 0. The fourth-order valence-electron chi connectivity index (χ4n) is 2.44. The van der Waals surface area contributed by atoms with Crippen molar-refractivity contribution >= 4 is 17.5 Å². The van der Waals surface area contributed by atoms with Gasteiger partial charge in [-0.25, -0.2) is 9.37 Å². The molecule has 0 aliphatic carbocycles. The molecule has 23 heavy (non-hydrogen) atoms. The number of rotatable bonds is 7. The lowest BCUT2D eigenvalue weighted by Crippen LogP contribution is -2.23. The number of hydrogen-bond acceptors (Lipinski definition) is 5. The van der Waals surface area contributed by atoms with Gasteiger partial charge in [-0.2, -0.15) is 4.98 Å². The highest BCUT2D eigenvalue weighted by Crippen LogP contribution is 2.15. The minimum Gasteiger partial charge on any atom is -0.370 e. The van der Waals surface area contributed by atoms with Gasteiger partial charge in [0.1, 0.15) is 11.6 Å². The van der Waals surface area contributed by atoms with Gasteiger partial charge in [0.05, 0.1) is 0 Å². The van der Waals surface area contributed by atoms with E-state index in [2.05, 4.69) is 37.7 Å². The molecule has 0 bridgehead atoms. The third-order valence-electron chi connectivity index (χ3n) is 3.59. The number of benzene rings is 1. The first kappa shape index (κ1) is 15.4. The molecule has 0 fully saturated rings. The van der Waals surface area contributed by atoms with Gasteiger partial charge in [0.25, 0.3) is 0 Å². The Labute approximate surface area is 135 Å². The molecule has 0 saturated carbocycles. The fraction of sp³-hybridized carbons (Fsp3) is 0.294. The lowest BCUT2D eigenvalue weighted by atomic mass is 10.3. The molecule has 2 aromatic rings. The first-order valence-corrected chi connectivity index (χ1v) is 7.76. The van der Waals surface area contributed by atoms with E-state index in [0.717, 1.165) is 38.4 Å². The van der Waals surface area contributed by atoms with E-state index < -0.39 is 0 Å². The van der Waals surface area contributed by atoms with E-state index in [1.807, 2.05) is 6.07 Å². The van der Waals surface area contributed by atoms with Crippen molar-refractivity contribution in [3.8, 4) is 0 Å². The van der Waals surface area contributed by atoms with Crippen molar-refractivity contribution in [3.63, 3.8) is 0 Å². The summed E-state index contributed by atoms with van der Waals surface area (Å²) < 4.78 is 13.2. The van der Waals surface area contributed by atoms with Crippen LogP contribution in [0.25, 0.3) is 0 Å². The molecule has 2 N–H and O–H groups in total. The number of hydrogen-bond donors (Lipinski definition) is 2. The molecule has 1 aromatic heterocycles. The van der Waals surface area contributed by atoms with E-state index in [1.165, 1.54) is 12.1 Å². The van der Waals surface area contributed by atoms with Crippen molar-refractivity contribution in [2.24, 2.45) is 0 Å². The monoisotopic (exact) mass is 313 g/mol. The molecular weight excluding hydrogens is 293 g/mol. The van der Waals surface area contributed by atoms with Gasteiger partial charge in [0, 0.05) is 38.1 Å². The fourth-order valence-corrected chi connectivity index (χ4v) is 2.44. The third kappa shape index (κ3) is 4.75. The van der Waals surface area contributed by atoms with E-state index in [-0.39, 0.29) is 5.82 Å². The molecule has 3 rings (SSSR count). The number of anilines is 3. The molecule has 2 heterocycles. The lowest BCUT2D eigenvalue weighted by molar-refractivity contribution is 0.351.